The third-order valence-electron chi connectivity index (χ3n) is 1.96. The highest BCUT2D eigenvalue weighted by atomic mass is 16.6. The summed E-state index contributed by atoms with van der Waals surface area (Å²) in [6.45, 7) is 0. The predicted molar refractivity (Wildman–Crippen MR) is 55.7 cm³/mol. The van der Waals surface area contributed by atoms with E-state index in [1.807, 2.05) is 0 Å². The largest absolute Gasteiger partial charge is 0.481 e. The van der Waals surface area contributed by atoms with Crippen molar-refractivity contribution in [2.24, 2.45) is 0 Å². The van der Waals surface area contributed by atoms with E-state index in [4.69, 9.17) is 20.4 Å². The lowest BCUT2D eigenvalue weighted by Gasteiger charge is -2.12. The molecule has 0 heterocycles. The summed E-state index contributed by atoms with van der Waals surface area (Å²) < 4.78 is 4.55. The zero-order valence-corrected chi connectivity index (χ0v) is 9.41. The van der Waals surface area contributed by atoms with Crippen molar-refractivity contribution in [1.82, 2.24) is 0 Å². The Balaban J connectivity index is 3.53. The Bertz CT molecular complexity index is 239. The van der Waals surface area contributed by atoms with E-state index in [1.54, 1.807) is 0 Å². The number of ether oxygens (including phenoxy) is 1. The average Bonchev–Trinajstić information content (AvgIpc) is 2.21. The number of carbonyl (C=O) groups is 2. The van der Waals surface area contributed by atoms with Crippen molar-refractivity contribution in [3.8, 4) is 0 Å². The molecule has 0 fully saturated rings. The molecule has 0 rings (SSSR count). The fraction of sp³-hybridized carbons (Fsp3) is 0.800. The fourth-order valence-corrected chi connectivity index (χ4v) is 1.11. The van der Waals surface area contributed by atoms with Gasteiger partial charge >= 0.3 is 11.9 Å². The maximum atomic E-state index is 11.1. The summed E-state index contributed by atoms with van der Waals surface area (Å²) in [5.74, 6) is -1.55. The van der Waals surface area contributed by atoms with Crippen LogP contribution in [-0.4, -0.2) is 44.9 Å². The molecule has 1 unspecified atom stereocenters. The van der Waals surface area contributed by atoms with Gasteiger partial charge in [0.05, 0.1) is 0 Å². The van der Waals surface area contributed by atoms with Gasteiger partial charge in [0.25, 0.3) is 0 Å². The van der Waals surface area contributed by atoms with Crippen LogP contribution >= 0.6 is 0 Å². The van der Waals surface area contributed by atoms with Crippen LogP contribution in [0, 0.1) is 0 Å². The molecule has 0 aromatic heterocycles. The number of esters is 1. The van der Waals surface area contributed by atoms with Crippen molar-refractivity contribution < 1.29 is 34.8 Å². The normalized spacial score (nSPS) is 12.5. The second-order valence-corrected chi connectivity index (χ2v) is 3.60. The molecule has 0 radical (unpaired) electrons. The van der Waals surface area contributed by atoms with Gasteiger partial charge < -0.3 is 25.2 Å². The third kappa shape index (κ3) is 11.1. The number of aliphatic hydroxyl groups is 3. The highest BCUT2D eigenvalue weighted by Crippen LogP contribution is 2.06. The molecule has 17 heavy (non-hydrogen) atoms. The summed E-state index contributed by atoms with van der Waals surface area (Å²) >= 11 is 0. The molecule has 7 heteroatoms. The van der Waals surface area contributed by atoms with E-state index in [9.17, 15) is 9.59 Å². The van der Waals surface area contributed by atoms with E-state index in [2.05, 4.69) is 4.74 Å². The second-order valence-electron chi connectivity index (χ2n) is 3.60. The Labute approximate surface area is 98.6 Å². The molecule has 7 nitrogen and oxygen atoms in total. The molecular weight excluding hydrogens is 232 g/mol. The molecule has 100 valence electrons. The Hall–Kier alpha value is -1.18. The number of carbonyl (C=O) groups excluding carboxylic acids is 1. The first kappa shape index (κ1) is 15.8. The second kappa shape index (κ2) is 8.91. The van der Waals surface area contributed by atoms with Crippen LogP contribution in [0.25, 0.3) is 0 Å². The van der Waals surface area contributed by atoms with Crippen LogP contribution < -0.4 is 0 Å². The first-order valence-electron chi connectivity index (χ1n) is 5.37. The van der Waals surface area contributed by atoms with Crippen molar-refractivity contribution in [2.75, 3.05) is 0 Å². The Kier molecular flexibility index (Phi) is 8.29. The highest BCUT2D eigenvalue weighted by molar-refractivity contribution is 5.69. The quantitative estimate of drug-likeness (QED) is 0.249. The predicted octanol–water partition coefficient (Wildman–Crippen LogP) is -0.416. The van der Waals surface area contributed by atoms with E-state index in [1.165, 1.54) is 0 Å². The molecule has 0 aliphatic rings. The molecular formula is C10H18O7. The lowest BCUT2D eigenvalue weighted by Crippen LogP contribution is -2.19. The van der Waals surface area contributed by atoms with E-state index in [0.29, 0.717) is 12.8 Å². The Morgan fingerprint density at radius 3 is 2.12 bits per heavy atom. The smallest absolute Gasteiger partial charge is 0.308 e. The zero-order valence-electron chi connectivity index (χ0n) is 9.41. The number of aliphatic carboxylic acids is 1. The first-order valence-corrected chi connectivity index (χ1v) is 5.37. The Morgan fingerprint density at radius 1 is 1.00 bits per heavy atom. The van der Waals surface area contributed by atoms with Gasteiger partial charge in [-0.25, -0.2) is 0 Å². The lowest BCUT2D eigenvalue weighted by molar-refractivity contribution is -0.172. The van der Waals surface area contributed by atoms with E-state index >= 15 is 0 Å². The summed E-state index contributed by atoms with van der Waals surface area (Å²) in [6, 6.07) is 0. The van der Waals surface area contributed by atoms with Crippen molar-refractivity contribution in [3.05, 3.63) is 0 Å². The number of rotatable bonds is 9. The van der Waals surface area contributed by atoms with Crippen molar-refractivity contribution in [2.45, 2.75) is 51.1 Å². The van der Waals surface area contributed by atoms with Gasteiger partial charge in [0.2, 0.25) is 6.29 Å². The van der Waals surface area contributed by atoms with Crippen LogP contribution in [0.1, 0.15) is 38.5 Å². The van der Waals surface area contributed by atoms with Gasteiger partial charge in [-0.05, 0) is 12.8 Å². The molecule has 0 saturated carbocycles. The van der Waals surface area contributed by atoms with Gasteiger partial charge in [0, 0.05) is 25.7 Å². The minimum Gasteiger partial charge on any atom is -0.481 e. The molecule has 0 aromatic rings. The lowest BCUT2D eigenvalue weighted by atomic mass is 10.2. The molecule has 0 spiro atoms. The van der Waals surface area contributed by atoms with E-state index < -0.39 is 24.5 Å². The maximum absolute atomic E-state index is 11.1. The molecule has 1 atom stereocenters. The number of hydrogen-bond donors (Lipinski definition) is 4. The third-order valence-corrected chi connectivity index (χ3v) is 1.96. The molecule has 0 amide bonds. The van der Waals surface area contributed by atoms with E-state index in [-0.39, 0.29) is 25.7 Å². The topological polar surface area (TPSA) is 124 Å². The van der Waals surface area contributed by atoms with Crippen LogP contribution in [-0.2, 0) is 14.3 Å². The van der Waals surface area contributed by atoms with Crippen molar-refractivity contribution in [1.29, 1.82) is 0 Å². The van der Waals surface area contributed by atoms with Gasteiger partial charge in [0.1, 0.15) is 0 Å². The molecule has 0 aromatic carbocycles. The average molecular weight is 250 g/mol. The fourth-order valence-electron chi connectivity index (χ4n) is 1.11. The van der Waals surface area contributed by atoms with Crippen molar-refractivity contribution in [3.63, 3.8) is 0 Å². The van der Waals surface area contributed by atoms with Crippen LogP contribution in [0.15, 0.2) is 0 Å². The highest BCUT2D eigenvalue weighted by Gasteiger charge is 2.12. The van der Waals surface area contributed by atoms with Gasteiger partial charge in [-0.2, -0.15) is 0 Å². The van der Waals surface area contributed by atoms with Crippen LogP contribution in [0.5, 0.6) is 0 Å². The number of hydrogen-bond acceptors (Lipinski definition) is 6. The minimum absolute atomic E-state index is 0.00740. The number of aliphatic hydroxyl groups excluding tert-OH is 2. The van der Waals surface area contributed by atoms with Gasteiger partial charge in [0.15, 0.2) is 6.29 Å². The van der Waals surface area contributed by atoms with E-state index in [0.717, 1.165) is 0 Å². The zero-order chi connectivity index (χ0) is 13.3. The number of carboxylic acid groups (broad SMARTS) is 1. The van der Waals surface area contributed by atoms with Crippen LogP contribution in [0.3, 0.4) is 0 Å². The molecule has 0 saturated heterocycles. The maximum Gasteiger partial charge on any atom is 0.308 e. The summed E-state index contributed by atoms with van der Waals surface area (Å²) in [7, 11) is 0. The standard InChI is InChI=1S/C10H18O7/c11-7(12)3-1-2-4-9(15)17-10(16)6-5-8(13)14/h8,10,13-14,16H,1-6H2,(H,11,12). The van der Waals surface area contributed by atoms with Crippen LogP contribution in [0.4, 0.5) is 0 Å². The van der Waals surface area contributed by atoms with Gasteiger partial charge in [-0.15, -0.1) is 0 Å². The van der Waals surface area contributed by atoms with Crippen molar-refractivity contribution >= 4 is 11.9 Å². The monoisotopic (exact) mass is 250 g/mol. The molecule has 0 aliphatic carbocycles. The minimum atomic E-state index is -1.54. The number of carboxylic acids is 1. The molecule has 0 bridgehead atoms. The Morgan fingerprint density at radius 2 is 1.59 bits per heavy atom. The summed E-state index contributed by atoms with van der Waals surface area (Å²) in [6.07, 6.45) is -2.27. The summed E-state index contributed by atoms with van der Waals surface area (Å²) in [4.78, 5) is 21.3. The number of unbranched alkanes of at least 4 members (excludes halogenated alkanes) is 1. The van der Waals surface area contributed by atoms with Gasteiger partial charge in [-0.1, -0.05) is 0 Å². The SMILES string of the molecule is O=C(O)CCCCC(=O)OC(O)CCC(O)O. The molecule has 4 N–H and O–H groups in total. The summed E-state index contributed by atoms with van der Waals surface area (Å²) in [5, 5.41) is 34.5. The summed E-state index contributed by atoms with van der Waals surface area (Å²) in [5.41, 5.74) is 0. The molecule has 0 aliphatic heterocycles. The van der Waals surface area contributed by atoms with Gasteiger partial charge in [-0.3, -0.25) is 9.59 Å². The first-order chi connectivity index (χ1) is 7.91. The van der Waals surface area contributed by atoms with Crippen LogP contribution in [0.2, 0.25) is 0 Å².